The summed E-state index contributed by atoms with van der Waals surface area (Å²) in [7, 11) is 1.50. The number of carbonyl (C=O) groups is 4. The molecule has 0 radical (unpaired) electrons. The quantitative estimate of drug-likeness (QED) is 0.185. The molecule has 11 heteroatoms. The minimum absolute atomic E-state index is 0.0307. The highest BCUT2D eigenvalue weighted by atomic mass is 16.6. The summed E-state index contributed by atoms with van der Waals surface area (Å²) in [4.78, 5) is 51.9. The fourth-order valence-corrected chi connectivity index (χ4v) is 4.54. The number of hydrogen-bond donors (Lipinski definition) is 2. The van der Waals surface area contributed by atoms with E-state index in [0.717, 1.165) is 5.56 Å². The van der Waals surface area contributed by atoms with Crippen molar-refractivity contribution in [1.29, 1.82) is 0 Å². The largest absolute Gasteiger partial charge is 0.492 e. The molecule has 1 saturated heterocycles. The van der Waals surface area contributed by atoms with E-state index in [1.165, 1.54) is 18.0 Å². The molecule has 0 unspecified atom stereocenters. The molecule has 44 heavy (non-hydrogen) atoms. The lowest BCUT2D eigenvalue weighted by Crippen LogP contribution is -2.43. The molecular formula is C33H43N3O8. The molecule has 0 saturated carbocycles. The molecule has 3 rings (SSSR count). The van der Waals surface area contributed by atoms with E-state index in [9.17, 15) is 19.2 Å². The van der Waals surface area contributed by atoms with Crippen LogP contribution in [0.3, 0.4) is 0 Å². The first-order valence-corrected chi connectivity index (χ1v) is 14.6. The maximum Gasteiger partial charge on any atom is 0.407 e. The lowest BCUT2D eigenvalue weighted by molar-refractivity contribution is -0.151. The first-order valence-electron chi connectivity index (χ1n) is 14.6. The molecular weight excluding hydrogens is 566 g/mol. The van der Waals surface area contributed by atoms with E-state index in [4.69, 9.17) is 18.9 Å². The number of benzene rings is 2. The highest BCUT2D eigenvalue weighted by molar-refractivity contribution is 5.96. The Balaban J connectivity index is 1.55. The van der Waals surface area contributed by atoms with Crippen molar-refractivity contribution in [3.63, 3.8) is 0 Å². The molecule has 1 aliphatic rings. The average Bonchev–Trinajstić information content (AvgIpc) is 3.44. The normalized spacial score (nSPS) is 16.7. The smallest absolute Gasteiger partial charge is 0.407 e. The summed E-state index contributed by atoms with van der Waals surface area (Å²) < 4.78 is 21.8. The van der Waals surface area contributed by atoms with E-state index in [2.05, 4.69) is 17.2 Å². The summed E-state index contributed by atoms with van der Waals surface area (Å²) in [5, 5.41) is 6.19. The fourth-order valence-electron chi connectivity index (χ4n) is 4.54. The van der Waals surface area contributed by atoms with Gasteiger partial charge in [0.25, 0.3) is 5.91 Å². The van der Waals surface area contributed by atoms with Crippen molar-refractivity contribution in [2.45, 2.75) is 70.4 Å². The Morgan fingerprint density at radius 3 is 2.43 bits per heavy atom. The van der Waals surface area contributed by atoms with Gasteiger partial charge in [0.05, 0.1) is 0 Å². The van der Waals surface area contributed by atoms with Crippen LogP contribution < -0.4 is 15.4 Å². The van der Waals surface area contributed by atoms with Gasteiger partial charge >= 0.3 is 18.0 Å². The molecule has 3 atom stereocenters. The van der Waals surface area contributed by atoms with Crippen molar-refractivity contribution in [3.05, 3.63) is 78.4 Å². The number of likely N-dealkylation sites (N-methyl/N-ethyl adjacent to an activating group) is 1. The zero-order chi connectivity index (χ0) is 32.1. The Morgan fingerprint density at radius 2 is 1.77 bits per heavy atom. The third kappa shape index (κ3) is 11.4. The van der Waals surface area contributed by atoms with Crippen molar-refractivity contribution >= 4 is 23.9 Å². The van der Waals surface area contributed by atoms with Crippen LogP contribution in [0, 0.1) is 0 Å². The van der Waals surface area contributed by atoms with E-state index in [-0.39, 0.29) is 38.1 Å². The second-order valence-electron chi connectivity index (χ2n) is 11.6. The molecule has 2 amide bonds. The van der Waals surface area contributed by atoms with Gasteiger partial charge in [-0.25, -0.2) is 9.59 Å². The van der Waals surface area contributed by atoms with Gasteiger partial charge in [-0.15, -0.1) is 0 Å². The Morgan fingerprint density at radius 1 is 1.07 bits per heavy atom. The number of nitrogens with one attached hydrogen (secondary N) is 2. The first-order chi connectivity index (χ1) is 20.9. The lowest BCUT2D eigenvalue weighted by Gasteiger charge is -2.26. The Bertz CT molecular complexity index is 1260. The number of rotatable bonds is 14. The average molecular weight is 610 g/mol. The van der Waals surface area contributed by atoms with Gasteiger partial charge in [-0.1, -0.05) is 43.0 Å². The van der Waals surface area contributed by atoms with Gasteiger partial charge in [0.1, 0.15) is 37.2 Å². The third-order valence-corrected chi connectivity index (χ3v) is 6.76. The van der Waals surface area contributed by atoms with E-state index in [1.54, 1.807) is 24.3 Å². The van der Waals surface area contributed by atoms with E-state index < -0.39 is 35.6 Å². The van der Waals surface area contributed by atoms with Crippen LogP contribution in [-0.2, 0) is 30.4 Å². The maximum absolute atomic E-state index is 13.4. The number of esters is 2. The molecule has 1 heterocycles. The van der Waals surface area contributed by atoms with Crippen LogP contribution in [0.15, 0.2) is 67.3 Å². The zero-order valence-electron chi connectivity index (χ0n) is 25.9. The molecule has 2 N–H and O–H groups in total. The highest BCUT2D eigenvalue weighted by Gasteiger charge is 2.30. The van der Waals surface area contributed by atoms with Gasteiger partial charge in [0.2, 0.25) is 0 Å². The SMILES string of the molecule is C=CCOC(=O)CC[C@@H](C(=O)OCc1ccccc1)N(C)C(=O)c1ccc(OC[C@@H]2C[C@@H](NC(=O)OC(C)(C)C)CN2)cc1. The van der Waals surface area contributed by atoms with Crippen LogP contribution in [0.25, 0.3) is 0 Å². The number of nitrogens with zero attached hydrogens (tertiary/aromatic N) is 1. The molecule has 2 aromatic rings. The van der Waals surface area contributed by atoms with Gasteiger partial charge < -0.3 is 34.5 Å². The molecule has 1 aliphatic heterocycles. The van der Waals surface area contributed by atoms with Crippen molar-refractivity contribution in [2.24, 2.45) is 0 Å². The number of ether oxygens (including phenoxy) is 4. The van der Waals surface area contributed by atoms with Gasteiger partial charge in [0.15, 0.2) is 0 Å². The summed E-state index contributed by atoms with van der Waals surface area (Å²) in [6.45, 7) is 10.0. The molecule has 0 aromatic heterocycles. The summed E-state index contributed by atoms with van der Waals surface area (Å²) in [6.07, 6.45) is 1.65. The molecule has 0 aliphatic carbocycles. The predicted octanol–water partition coefficient (Wildman–Crippen LogP) is 4.01. The van der Waals surface area contributed by atoms with Crippen molar-refractivity contribution in [3.8, 4) is 5.75 Å². The summed E-state index contributed by atoms with van der Waals surface area (Å²) in [5.74, 6) is -0.967. The molecule has 1 fully saturated rings. The number of hydrogen-bond acceptors (Lipinski definition) is 9. The van der Waals surface area contributed by atoms with Gasteiger partial charge in [-0.3, -0.25) is 9.59 Å². The van der Waals surface area contributed by atoms with Crippen LogP contribution in [0.2, 0.25) is 0 Å². The minimum Gasteiger partial charge on any atom is -0.492 e. The van der Waals surface area contributed by atoms with Crippen LogP contribution >= 0.6 is 0 Å². The number of alkyl carbamates (subject to hydrolysis) is 1. The van der Waals surface area contributed by atoms with Gasteiger partial charge in [0, 0.05) is 37.7 Å². The second-order valence-corrected chi connectivity index (χ2v) is 11.6. The Kier molecular flexibility index (Phi) is 12.8. The van der Waals surface area contributed by atoms with Gasteiger partial charge in [-0.05, 0) is 63.4 Å². The highest BCUT2D eigenvalue weighted by Crippen LogP contribution is 2.19. The third-order valence-electron chi connectivity index (χ3n) is 6.76. The van der Waals surface area contributed by atoms with E-state index >= 15 is 0 Å². The monoisotopic (exact) mass is 609 g/mol. The van der Waals surface area contributed by atoms with Crippen LogP contribution in [-0.4, -0.2) is 79.4 Å². The van der Waals surface area contributed by atoms with Crippen LogP contribution in [0.1, 0.15) is 56.0 Å². The van der Waals surface area contributed by atoms with E-state index in [1.807, 2.05) is 51.1 Å². The fraction of sp³-hybridized carbons (Fsp3) is 0.455. The summed E-state index contributed by atoms with van der Waals surface area (Å²) in [5.41, 5.74) is 0.583. The minimum atomic E-state index is -1.01. The molecule has 11 nitrogen and oxygen atoms in total. The molecule has 0 spiro atoms. The number of amides is 2. The van der Waals surface area contributed by atoms with Crippen molar-refractivity contribution in [2.75, 3.05) is 26.8 Å². The Labute approximate surface area is 258 Å². The van der Waals surface area contributed by atoms with Crippen molar-refractivity contribution in [1.82, 2.24) is 15.5 Å². The van der Waals surface area contributed by atoms with Crippen LogP contribution in [0.4, 0.5) is 4.79 Å². The Hall–Kier alpha value is -4.38. The number of carbonyl (C=O) groups excluding carboxylic acids is 4. The lowest BCUT2D eigenvalue weighted by atomic mass is 10.1. The molecule has 238 valence electrons. The summed E-state index contributed by atoms with van der Waals surface area (Å²) in [6, 6.07) is 14.8. The van der Waals surface area contributed by atoms with Crippen molar-refractivity contribution < 1.29 is 38.1 Å². The maximum atomic E-state index is 13.4. The second kappa shape index (κ2) is 16.5. The summed E-state index contributed by atoms with van der Waals surface area (Å²) >= 11 is 0. The molecule has 2 aromatic carbocycles. The predicted molar refractivity (Wildman–Crippen MR) is 164 cm³/mol. The zero-order valence-corrected chi connectivity index (χ0v) is 25.9. The van der Waals surface area contributed by atoms with Crippen LogP contribution in [0.5, 0.6) is 5.75 Å². The first kappa shape index (κ1) is 34.1. The van der Waals surface area contributed by atoms with E-state index in [0.29, 0.717) is 30.9 Å². The molecule has 0 bridgehead atoms. The standard InChI is InChI=1S/C33H43N3O8/c1-6-18-41-29(37)17-16-28(31(39)43-21-23-10-8-7-9-11-23)36(5)30(38)24-12-14-27(15-13-24)42-22-26-19-25(20-34-26)35-32(40)44-33(2,3)4/h6-15,25-26,28,34H,1,16-22H2,2-5H3,(H,35,40)/t25-,26+,28+/m1/s1. The van der Waals surface area contributed by atoms with Gasteiger partial charge in [-0.2, -0.15) is 0 Å². The topological polar surface area (TPSA) is 132 Å².